The Hall–Kier alpha value is -4.35. The summed E-state index contributed by atoms with van der Waals surface area (Å²) in [6.45, 7) is 2.46. The zero-order valence-electron chi connectivity index (χ0n) is 21.7. The zero-order valence-corrected chi connectivity index (χ0v) is 21.7. The maximum absolute atomic E-state index is 13.7. The Morgan fingerprint density at radius 1 is 0.816 bits per heavy atom. The fourth-order valence-corrected chi connectivity index (χ4v) is 4.56. The van der Waals surface area contributed by atoms with Crippen molar-refractivity contribution in [2.45, 2.75) is 13.0 Å². The van der Waals surface area contributed by atoms with Crippen LogP contribution in [0.5, 0.6) is 11.5 Å². The van der Waals surface area contributed by atoms with Crippen LogP contribution in [0.4, 0.5) is 0 Å². The highest BCUT2D eigenvalue weighted by atomic mass is 16.5. The summed E-state index contributed by atoms with van der Waals surface area (Å²) in [4.78, 5) is 16.0. The molecule has 0 unspecified atom stereocenters. The molecular weight excluding hydrogens is 474 g/mol. The van der Waals surface area contributed by atoms with Crippen LogP contribution >= 0.6 is 0 Å². The highest BCUT2D eigenvalue weighted by Gasteiger charge is 2.23. The van der Waals surface area contributed by atoms with E-state index in [1.54, 1.807) is 7.11 Å². The molecular formula is C33H31NO4. The minimum Gasteiger partial charge on any atom is -0.497 e. The van der Waals surface area contributed by atoms with Crippen LogP contribution in [0.3, 0.4) is 0 Å². The third-order valence-corrected chi connectivity index (χ3v) is 6.54. The van der Waals surface area contributed by atoms with Crippen LogP contribution in [0.25, 0.3) is 22.3 Å². The maximum atomic E-state index is 13.7. The van der Waals surface area contributed by atoms with Crippen molar-refractivity contribution in [2.24, 2.45) is 0 Å². The number of hydrogen-bond donors (Lipinski definition) is 0. The van der Waals surface area contributed by atoms with Gasteiger partial charge in [0.25, 0.3) is 0 Å². The molecule has 0 atom stereocenters. The molecule has 1 heterocycles. The molecule has 5 rings (SSSR count). The summed E-state index contributed by atoms with van der Waals surface area (Å²) >= 11 is 0. The zero-order chi connectivity index (χ0) is 26.3. The van der Waals surface area contributed by atoms with E-state index in [1.807, 2.05) is 78.9 Å². The average Bonchev–Trinajstić information content (AvgIpc) is 3.35. The van der Waals surface area contributed by atoms with Gasteiger partial charge in [-0.3, -0.25) is 4.79 Å². The number of fused-ring (bicyclic) bond motifs is 1. The number of para-hydroxylation sites is 1. The van der Waals surface area contributed by atoms with Crippen LogP contribution in [0, 0.1) is 0 Å². The molecule has 0 N–H and O–H groups in total. The van der Waals surface area contributed by atoms with Gasteiger partial charge in [0.15, 0.2) is 5.78 Å². The monoisotopic (exact) mass is 505 g/mol. The molecule has 1 aromatic heterocycles. The van der Waals surface area contributed by atoms with Gasteiger partial charge in [-0.05, 0) is 73.6 Å². The summed E-state index contributed by atoms with van der Waals surface area (Å²) in [5, 5.41) is 0.795. The Balaban J connectivity index is 1.25. The minimum atomic E-state index is -0.0881. The number of carbonyl (C=O) groups excluding carboxylic acids is 1. The van der Waals surface area contributed by atoms with Gasteiger partial charge in [-0.2, -0.15) is 0 Å². The largest absolute Gasteiger partial charge is 0.497 e. The lowest BCUT2D eigenvalue weighted by Crippen LogP contribution is -2.20. The highest BCUT2D eigenvalue weighted by Crippen LogP contribution is 2.36. The first-order chi connectivity index (χ1) is 18.6. The quantitative estimate of drug-likeness (QED) is 0.140. The van der Waals surface area contributed by atoms with E-state index in [0.717, 1.165) is 42.0 Å². The van der Waals surface area contributed by atoms with Crippen molar-refractivity contribution in [2.75, 3.05) is 27.3 Å². The number of methoxy groups -OCH3 is 1. The van der Waals surface area contributed by atoms with E-state index < -0.39 is 0 Å². The summed E-state index contributed by atoms with van der Waals surface area (Å²) in [5.74, 6) is 1.96. The van der Waals surface area contributed by atoms with Gasteiger partial charge in [0.2, 0.25) is 0 Å². The molecule has 0 fully saturated rings. The van der Waals surface area contributed by atoms with Crippen molar-refractivity contribution in [1.82, 2.24) is 4.90 Å². The molecule has 0 amide bonds. The lowest BCUT2D eigenvalue weighted by Gasteiger charge is -2.16. The van der Waals surface area contributed by atoms with Gasteiger partial charge in [0.05, 0.1) is 19.3 Å². The topological polar surface area (TPSA) is 51.9 Å². The number of ether oxygens (including phenoxy) is 2. The molecule has 4 aromatic carbocycles. The first-order valence-corrected chi connectivity index (χ1v) is 12.8. The molecule has 5 heteroatoms. The Morgan fingerprint density at radius 3 is 2.24 bits per heavy atom. The molecule has 0 bridgehead atoms. The lowest BCUT2D eigenvalue weighted by atomic mass is 9.97. The van der Waals surface area contributed by atoms with Gasteiger partial charge in [-0.1, -0.05) is 48.5 Å². The number of furan rings is 1. The molecule has 5 aromatic rings. The molecule has 0 spiro atoms. The normalized spacial score (nSPS) is 11.1. The van der Waals surface area contributed by atoms with Gasteiger partial charge < -0.3 is 18.8 Å². The molecule has 0 aliphatic heterocycles. The number of hydrogen-bond acceptors (Lipinski definition) is 5. The van der Waals surface area contributed by atoms with Crippen molar-refractivity contribution in [3.63, 3.8) is 0 Å². The third-order valence-electron chi connectivity index (χ3n) is 6.54. The number of nitrogens with zero attached hydrogens (tertiary/aromatic N) is 1. The number of benzene rings is 4. The molecule has 0 saturated heterocycles. The fourth-order valence-electron chi connectivity index (χ4n) is 4.56. The second-order valence-electron chi connectivity index (χ2n) is 9.31. The maximum Gasteiger partial charge on any atom is 0.197 e. The predicted molar refractivity (Wildman–Crippen MR) is 151 cm³/mol. The van der Waals surface area contributed by atoms with E-state index in [9.17, 15) is 4.79 Å². The van der Waals surface area contributed by atoms with E-state index in [4.69, 9.17) is 13.9 Å². The predicted octanol–water partition coefficient (Wildman–Crippen LogP) is 7.24. The molecule has 0 radical (unpaired) electrons. The Kier molecular flexibility index (Phi) is 7.86. The van der Waals surface area contributed by atoms with Gasteiger partial charge in [-0.15, -0.1) is 0 Å². The fraction of sp³-hybridized carbons (Fsp3) is 0.182. The second-order valence-corrected chi connectivity index (χ2v) is 9.31. The second kappa shape index (κ2) is 11.8. The Morgan fingerprint density at radius 2 is 1.50 bits per heavy atom. The van der Waals surface area contributed by atoms with Crippen molar-refractivity contribution < 1.29 is 18.7 Å². The van der Waals surface area contributed by atoms with Crippen molar-refractivity contribution in [3.8, 4) is 22.8 Å². The van der Waals surface area contributed by atoms with E-state index >= 15 is 0 Å². The summed E-state index contributed by atoms with van der Waals surface area (Å²) in [6.07, 6.45) is 0.913. The Labute approximate surface area is 223 Å². The molecule has 38 heavy (non-hydrogen) atoms. The smallest absolute Gasteiger partial charge is 0.197 e. The summed E-state index contributed by atoms with van der Waals surface area (Å²) in [6, 6.07) is 33.0. The van der Waals surface area contributed by atoms with Crippen LogP contribution in [0.2, 0.25) is 0 Å². The van der Waals surface area contributed by atoms with Crippen LogP contribution in [-0.4, -0.2) is 38.0 Å². The van der Waals surface area contributed by atoms with E-state index in [-0.39, 0.29) is 5.78 Å². The van der Waals surface area contributed by atoms with Gasteiger partial charge in [0, 0.05) is 29.6 Å². The van der Waals surface area contributed by atoms with Gasteiger partial charge >= 0.3 is 0 Å². The molecule has 0 aliphatic carbocycles. The molecule has 5 nitrogen and oxygen atoms in total. The lowest BCUT2D eigenvalue weighted by molar-refractivity contribution is 0.104. The molecule has 192 valence electrons. The minimum absolute atomic E-state index is 0.0881. The highest BCUT2D eigenvalue weighted by molar-refractivity contribution is 6.19. The van der Waals surface area contributed by atoms with Crippen molar-refractivity contribution in [1.29, 1.82) is 0 Å². The van der Waals surface area contributed by atoms with Crippen molar-refractivity contribution in [3.05, 3.63) is 120 Å². The first-order valence-electron chi connectivity index (χ1n) is 12.8. The summed E-state index contributed by atoms with van der Waals surface area (Å²) < 4.78 is 17.4. The van der Waals surface area contributed by atoms with Crippen LogP contribution in [0.15, 0.2) is 108 Å². The van der Waals surface area contributed by atoms with Crippen LogP contribution in [-0.2, 0) is 6.54 Å². The first kappa shape index (κ1) is 25.3. The Bertz CT molecular complexity index is 1490. The van der Waals surface area contributed by atoms with Gasteiger partial charge in [0.1, 0.15) is 22.8 Å². The SMILES string of the molecule is COc1ccc(-c2oc3ccccc3c2C(=O)c2ccc(OCCCN(C)Cc3ccccc3)cc2)cc1. The molecule has 0 saturated carbocycles. The third kappa shape index (κ3) is 5.79. The van der Waals surface area contributed by atoms with Crippen LogP contribution in [0.1, 0.15) is 27.9 Å². The number of carbonyl (C=O) groups is 1. The van der Waals surface area contributed by atoms with Gasteiger partial charge in [-0.25, -0.2) is 0 Å². The van der Waals surface area contributed by atoms with E-state index in [0.29, 0.717) is 29.1 Å². The number of ketones is 1. The van der Waals surface area contributed by atoms with E-state index in [1.165, 1.54) is 5.56 Å². The average molecular weight is 506 g/mol. The summed E-state index contributed by atoms with van der Waals surface area (Å²) in [7, 11) is 3.75. The van der Waals surface area contributed by atoms with Crippen LogP contribution < -0.4 is 9.47 Å². The number of rotatable bonds is 11. The van der Waals surface area contributed by atoms with Crippen molar-refractivity contribution >= 4 is 16.8 Å². The van der Waals surface area contributed by atoms with E-state index in [2.05, 4.69) is 36.2 Å². The standard InChI is InChI=1S/C33H31NO4/c1-34(23-24-9-4-3-5-10-24)21-8-22-37-28-19-13-25(14-20-28)32(35)31-29-11-6-7-12-30(29)38-33(31)26-15-17-27(36-2)18-16-26/h3-7,9-20H,8,21-23H2,1-2H3. The summed E-state index contributed by atoms with van der Waals surface area (Å²) in [5.41, 5.74) is 3.94. The molecule has 0 aliphatic rings.